The first kappa shape index (κ1) is 20.2. The Bertz CT molecular complexity index is 971. The van der Waals surface area contributed by atoms with E-state index >= 15 is 0 Å². The maximum atomic E-state index is 12.8. The normalized spacial score (nSPS) is 19.6. The number of nitrogens with one attached hydrogen (secondary N) is 1. The highest BCUT2D eigenvalue weighted by Crippen LogP contribution is 2.35. The molecule has 1 saturated carbocycles. The number of amides is 1. The predicted molar refractivity (Wildman–Crippen MR) is 101 cm³/mol. The van der Waals surface area contributed by atoms with E-state index in [0.29, 0.717) is 25.1 Å². The second-order valence-corrected chi connectivity index (χ2v) is 7.63. The topological polar surface area (TPSA) is 93.3 Å². The standard InChI is InChI=1S/C19H20F3N5O3/c20-19(21,22)17-7-9-26(24-17)14-2-1-8-25(11-14)15-6-3-12(10-16(15)27(29)30)18(28)23-13-4-5-13/h3,6-7,9-10,13-14H,1-2,4-5,8,11H2,(H,23,28). The van der Waals surface area contributed by atoms with Gasteiger partial charge in [0, 0.05) is 37.0 Å². The third-order valence-electron chi connectivity index (χ3n) is 5.36. The lowest BCUT2D eigenvalue weighted by atomic mass is 10.0. The number of aromatic nitrogens is 2. The Morgan fingerprint density at radius 3 is 2.63 bits per heavy atom. The van der Waals surface area contributed by atoms with Crippen LogP contribution in [0.5, 0.6) is 0 Å². The van der Waals surface area contributed by atoms with Crippen LogP contribution >= 0.6 is 0 Å². The van der Waals surface area contributed by atoms with Gasteiger partial charge in [-0.15, -0.1) is 0 Å². The van der Waals surface area contributed by atoms with Gasteiger partial charge in [-0.2, -0.15) is 18.3 Å². The third-order valence-corrected chi connectivity index (χ3v) is 5.36. The van der Waals surface area contributed by atoms with Crippen molar-refractivity contribution < 1.29 is 22.9 Å². The molecular weight excluding hydrogens is 403 g/mol. The molecule has 1 aromatic carbocycles. The second-order valence-electron chi connectivity index (χ2n) is 7.63. The number of hydrogen-bond donors (Lipinski definition) is 1. The van der Waals surface area contributed by atoms with E-state index < -0.39 is 16.8 Å². The monoisotopic (exact) mass is 423 g/mol. The van der Waals surface area contributed by atoms with Gasteiger partial charge in [0.05, 0.1) is 11.0 Å². The van der Waals surface area contributed by atoms with Crippen LogP contribution in [-0.4, -0.2) is 39.7 Å². The van der Waals surface area contributed by atoms with Crippen molar-refractivity contribution in [2.24, 2.45) is 0 Å². The van der Waals surface area contributed by atoms with Gasteiger partial charge >= 0.3 is 6.18 Å². The fourth-order valence-corrected chi connectivity index (χ4v) is 3.66. The molecule has 0 spiro atoms. The van der Waals surface area contributed by atoms with Crippen LogP contribution in [0.25, 0.3) is 0 Å². The molecule has 2 fully saturated rings. The molecule has 1 aliphatic carbocycles. The van der Waals surface area contributed by atoms with Crippen LogP contribution in [-0.2, 0) is 6.18 Å². The number of piperidine rings is 1. The zero-order valence-corrected chi connectivity index (χ0v) is 15.9. The molecule has 1 amide bonds. The van der Waals surface area contributed by atoms with E-state index in [1.807, 2.05) is 0 Å². The van der Waals surface area contributed by atoms with Crippen molar-refractivity contribution in [1.29, 1.82) is 0 Å². The molecule has 2 aromatic rings. The molecule has 1 N–H and O–H groups in total. The lowest BCUT2D eigenvalue weighted by Gasteiger charge is -2.34. The van der Waals surface area contributed by atoms with Crippen molar-refractivity contribution in [3.05, 3.63) is 51.8 Å². The van der Waals surface area contributed by atoms with Gasteiger partial charge in [-0.1, -0.05) is 0 Å². The van der Waals surface area contributed by atoms with Crippen molar-refractivity contribution in [3.8, 4) is 0 Å². The number of benzene rings is 1. The summed E-state index contributed by atoms with van der Waals surface area (Å²) in [6.07, 6.45) is -0.154. The van der Waals surface area contributed by atoms with Crippen molar-refractivity contribution in [3.63, 3.8) is 0 Å². The Hall–Kier alpha value is -3.11. The van der Waals surface area contributed by atoms with Gasteiger partial charge in [0.2, 0.25) is 0 Å². The quantitative estimate of drug-likeness (QED) is 0.587. The zero-order chi connectivity index (χ0) is 21.5. The number of alkyl halides is 3. The first-order valence-electron chi connectivity index (χ1n) is 9.69. The van der Waals surface area contributed by atoms with Gasteiger partial charge in [0.15, 0.2) is 5.69 Å². The first-order valence-corrected chi connectivity index (χ1v) is 9.69. The summed E-state index contributed by atoms with van der Waals surface area (Å²) >= 11 is 0. The Morgan fingerprint density at radius 2 is 2.00 bits per heavy atom. The third kappa shape index (κ3) is 4.24. The molecule has 2 aliphatic rings. The number of hydrogen-bond acceptors (Lipinski definition) is 5. The van der Waals surface area contributed by atoms with Crippen molar-refractivity contribution in [1.82, 2.24) is 15.1 Å². The van der Waals surface area contributed by atoms with Crippen LogP contribution in [0.15, 0.2) is 30.5 Å². The van der Waals surface area contributed by atoms with Crippen LogP contribution in [0.3, 0.4) is 0 Å². The Balaban J connectivity index is 1.55. The number of nitrogens with zero attached hydrogens (tertiary/aromatic N) is 4. The highest BCUT2D eigenvalue weighted by atomic mass is 19.4. The Morgan fingerprint density at radius 1 is 1.23 bits per heavy atom. The Labute approximate surface area is 169 Å². The maximum absolute atomic E-state index is 12.8. The zero-order valence-electron chi connectivity index (χ0n) is 15.9. The first-order chi connectivity index (χ1) is 14.2. The number of anilines is 1. The average molecular weight is 423 g/mol. The molecule has 1 aromatic heterocycles. The maximum Gasteiger partial charge on any atom is 0.435 e. The molecule has 1 unspecified atom stereocenters. The van der Waals surface area contributed by atoms with Crippen LogP contribution in [0.2, 0.25) is 0 Å². The predicted octanol–water partition coefficient (Wildman–Crippen LogP) is 3.54. The molecule has 4 rings (SSSR count). The fraction of sp³-hybridized carbons (Fsp3) is 0.474. The summed E-state index contributed by atoms with van der Waals surface area (Å²) in [6, 6.07) is 5.05. The SMILES string of the molecule is O=C(NC1CC1)c1ccc(N2CCCC(n3ccc(C(F)(F)F)n3)C2)c([N+](=O)[O-])c1. The molecule has 1 atom stereocenters. The number of carbonyl (C=O) groups is 1. The van der Waals surface area contributed by atoms with Crippen molar-refractivity contribution in [2.45, 2.75) is 43.9 Å². The summed E-state index contributed by atoms with van der Waals surface area (Å²) in [7, 11) is 0. The summed E-state index contributed by atoms with van der Waals surface area (Å²) < 4.78 is 39.8. The second kappa shape index (κ2) is 7.62. The molecule has 1 saturated heterocycles. The molecule has 11 heteroatoms. The lowest BCUT2D eigenvalue weighted by molar-refractivity contribution is -0.384. The van der Waals surface area contributed by atoms with E-state index in [9.17, 15) is 28.1 Å². The summed E-state index contributed by atoms with van der Waals surface area (Å²) in [5.74, 6) is -0.347. The van der Waals surface area contributed by atoms with Gasteiger partial charge in [0.25, 0.3) is 11.6 Å². The van der Waals surface area contributed by atoms with E-state index in [0.717, 1.165) is 18.9 Å². The fourth-order valence-electron chi connectivity index (χ4n) is 3.66. The van der Waals surface area contributed by atoms with E-state index in [1.54, 1.807) is 11.0 Å². The van der Waals surface area contributed by atoms with Crippen LogP contribution in [0.1, 0.15) is 47.8 Å². The molecule has 2 heterocycles. The number of rotatable bonds is 5. The summed E-state index contributed by atoms with van der Waals surface area (Å²) in [4.78, 5) is 25.1. The van der Waals surface area contributed by atoms with Crippen molar-refractivity contribution >= 4 is 17.3 Å². The number of carbonyl (C=O) groups excluding carboxylic acids is 1. The molecule has 8 nitrogen and oxygen atoms in total. The Kier molecular flexibility index (Phi) is 5.12. The van der Waals surface area contributed by atoms with E-state index in [2.05, 4.69) is 10.4 Å². The van der Waals surface area contributed by atoms with Crippen LogP contribution in [0.4, 0.5) is 24.5 Å². The highest BCUT2D eigenvalue weighted by molar-refractivity contribution is 5.96. The number of nitro groups is 1. The molecule has 1 aliphatic heterocycles. The van der Waals surface area contributed by atoms with Gasteiger partial charge < -0.3 is 10.2 Å². The van der Waals surface area contributed by atoms with E-state index in [-0.39, 0.29) is 35.8 Å². The number of halogens is 3. The smallest absolute Gasteiger partial charge is 0.364 e. The van der Waals surface area contributed by atoms with Crippen molar-refractivity contribution in [2.75, 3.05) is 18.0 Å². The molecule has 0 bridgehead atoms. The lowest BCUT2D eigenvalue weighted by Crippen LogP contribution is -2.37. The van der Waals surface area contributed by atoms with Crippen LogP contribution < -0.4 is 10.2 Å². The van der Waals surface area contributed by atoms with E-state index in [4.69, 9.17) is 0 Å². The van der Waals surface area contributed by atoms with Gasteiger partial charge in [-0.3, -0.25) is 19.6 Å². The minimum absolute atomic E-state index is 0.134. The largest absolute Gasteiger partial charge is 0.435 e. The molecule has 160 valence electrons. The van der Waals surface area contributed by atoms with Gasteiger partial charge in [0.1, 0.15) is 5.69 Å². The molecular formula is C19H20F3N5O3. The summed E-state index contributed by atoms with van der Waals surface area (Å²) in [5.41, 5.74) is -0.601. The average Bonchev–Trinajstić information content (AvgIpc) is 3.37. The summed E-state index contributed by atoms with van der Waals surface area (Å²) in [5, 5.41) is 18.1. The molecule has 30 heavy (non-hydrogen) atoms. The minimum atomic E-state index is -4.52. The van der Waals surface area contributed by atoms with E-state index in [1.165, 1.54) is 23.0 Å². The highest BCUT2D eigenvalue weighted by Gasteiger charge is 2.35. The molecule has 0 radical (unpaired) electrons. The minimum Gasteiger partial charge on any atom is -0.364 e. The number of nitro benzene ring substituents is 1. The van der Waals surface area contributed by atoms with Gasteiger partial charge in [-0.05, 0) is 43.9 Å². The summed E-state index contributed by atoms with van der Waals surface area (Å²) in [6.45, 7) is 0.811. The van der Waals surface area contributed by atoms with Crippen LogP contribution in [0, 0.1) is 10.1 Å². The van der Waals surface area contributed by atoms with Gasteiger partial charge in [-0.25, -0.2) is 0 Å².